The zero-order valence-electron chi connectivity index (χ0n) is 19.7. The fourth-order valence-electron chi connectivity index (χ4n) is 3.56. The van der Waals surface area contributed by atoms with Crippen LogP contribution in [-0.4, -0.2) is 46.0 Å². The second-order valence-corrected chi connectivity index (χ2v) is 8.96. The maximum Gasteiger partial charge on any atom is 0.191 e. The molecule has 1 aliphatic heterocycles. The van der Waals surface area contributed by atoms with Crippen molar-refractivity contribution in [2.24, 2.45) is 4.99 Å². The van der Waals surface area contributed by atoms with Crippen LogP contribution >= 0.6 is 0 Å². The third kappa shape index (κ3) is 6.69. The van der Waals surface area contributed by atoms with E-state index in [-0.39, 0.29) is 11.6 Å². The van der Waals surface area contributed by atoms with Crippen LogP contribution in [0.15, 0.2) is 23.2 Å². The van der Waals surface area contributed by atoms with Gasteiger partial charge >= 0.3 is 0 Å². The van der Waals surface area contributed by atoms with Gasteiger partial charge in [-0.3, -0.25) is 0 Å². The van der Waals surface area contributed by atoms with E-state index >= 15 is 0 Å². The van der Waals surface area contributed by atoms with Gasteiger partial charge in [-0.1, -0.05) is 12.1 Å². The smallest absolute Gasteiger partial charge is 0.191 e. The predicted molar refractivity (Wildman–Crippen MR) is 122 cm³/mol. The molecule has 0 aliphatic carbocycles. The molecule has 1 aromatic carbocycles. The average molecular weight is 429 g/mol. The molecule has 8 nitrogen and oxygen atoms in total. The molecule has 0 amide bonds. The Bertz CT molecular complexity index is 900. The number of hydrogen-bond acceptors (Lipinski definition) is 5. The summed E-state index contributed by atoms with van der Waals surface area (Å²) in [5.74, 6) is 3.46. The summed E-state index contributed by atoms with van der Waals surface area (Å²) in [6, 6.07) is 6.53. The maximum absolute atomic E-state index is 6.18. The summed E-state index contributed by atoms with van der Waals surface area (Å²) in [5.41, 5.74) is 1.99. The quantitative estimate of drug-likeness (QED) is 0.521. The van der Waals surface area contributed by atoms with Gasteiger partial charge in [-0.2, -0.15) is 5.10 Å². The van der Waals surface area contributed by atoms with Crippen LogP contribution < -0.4 is 15.4 Å². The third-order valence-electron chi connectivity index (χ3n) is 4.91. The zero-order chi connectivity index (χ0) is 22.4. The molecule has 1 atom stereocenters. The number of rotatable bonds is 7. The van der Waals surface area contributed by atoms with Crippen LogP contribution in [-0.2, 0) is 30.9 Å². The lowest BCUT2D eigenvalue weighted by molar-refractivity contribution is 0.129. The zero-order valence-corrected chi connectivity index (χ0v) is 19.7. The van der Waals surface area contributed by atoms with Gasteiger partial charge < -0.3 is 20.1 Å². The highest BCUT2D eigenvalue weighted by molar-refractivity contribution is 5.80. The molecule has 0 fully saturated rings. The first-order valence-corrected chi connectivity index (χ1v) is 11.0. The van der Waals surface area contributed by atoms with E-state index in [2.05, 4.69) is 73.5 Å². The SMILES string of the molecule is CCNC(=NCc1ccc(C)cc1OC(C)(C)C)NC1CCc2nc(COC)nn2C1. The number of hydrogen-bond donors (Lipinski definition) is 2. The summed E-state index contributed by atoms with van der Waals surface area (Å²) >= 11 is 0. The van der Waals surface area contributed by atoms with E-state index in [1.165, 1.54) is 5.56 Å². The van der Waals surface area contributed by atoms with Crippen LogP contribution in [0.3, 0.4) is 0 Å². The lowest BCUT2D eigenvalue weighted by Gasteiger charge is -2.26. The Balaban J connectivity index is 1.70. The third-order valence-corrected chi connectivity index (χ3v) is 4.91. The summed E-state index contributed by atoms with van der Waals surface area (Å²) in [4.78, 5) is 9.39. The molecule has 1 aliphatic rings. The fraction of sp³-hybridized carbons (Fsp3) is 0.609. The number of fused-ring (bicyclic) bond motifs is 1. The predicted octanol–water partition coefficient (Wildman–Crippen LogP) is 2.98. The highest BCUT2D eigenvalue weighted by atomic mass is 16.5. The number of ether oxygens (including phenoxy) is 2. The van der Waals surface area contributed by atoms with E-state index < -0.39 is 0 Å². The number of methoxy groups -OCH3 is 1. The van der Waals surface area contributed by atoms with Crippen molar-refractivity contribution in [1.29, 1.82) is 0 Å². The van der Waals surface area contributed by atoms with Crippen LogP contribution in [0, 0.1) is 6.92 Å². The molecule has 0 spiro atoms. The standard InChI is InChI=1S/C23H36N6O2/c1-7-24-22(25-13-17-9-8-16(2)12-19(17)31-23(3,4)5)26-18-10-11-21-27-20(15-30-6)28-29(21)14-18/h8-9,12,18H,7,10-11,13-15H2,1-6H3,(H2,24,25,26). The van der Waals surface area contributed by atoms with Crippen molar-refractivity contribution in [3.05, 3.63) is 41.0 Å². The number of benzene rings is 1. The van der Waals surface area contributed by atoms with Gasteiger partial charge in [0, 0.05) is 31.7 Å². The summed E-state index contributed by atoms with van der Waals surface area (Å²) in [7, 11) is 1.66. The van der Waals surface area contributed by atoms with Crippen LogP contribution in [0.5, 0.6) is 5.75 Å². The lowest BCUT2D eigenvalue weighted by Crippen LogP contribution is -2.47. The average Bonchev–Trinajstić information content (AvgIpc) is 3.08. The highest BCUT2D eigenvalue weighted by Gasteiger charge is 2.22. The summed E-state index contributed by atoms with van der Waals surface area (Å²) in [6.07, 6.45) is 1.87. The summed E-state index contributed by atoms with van der Waals surface area (Å²) < 4.78 is 13.3. The Morgan fingerprint density at radius 3 is 2.84 bits per heavy atom. The molecule has 31 heavy (non-hydrogen) atoms. The monoisotopic (exact) mass is 428 g/mol. The number of aryl methyl sites for hydroxylation is 2. The van der Waals surface area contributed by atoms with Crippen molar-refractivity contribution < 1.29 is 9.47 Å². The maximum atomic E-state index is 6.18. The molecule has 1 aromatic heterocycles. The summed E-state index contributed by atoms with van der Waals surface area (Å²) in [6.45, 7) is 12.9. The van der Waals surface area contributed by atoms with E-state index in [4.69, 9.17) is 14.5 Å². The first kappa shape index (κ1) is 23.1. The molecule has 3 rings (SSSR count). The Labute approximate surface area is 185 Å². The molecule has 0 saturated heterocycles. The highest BCUT2D eigenvalue weighted by Crippen LogP contribution is 2.25. The van der Waals surface area contributed by atoms with Gasteiger partial charge in [-0.05, 0) is 52.7 Å². The van der Waals surface area contributed by atoms with E-state index in [0.29, 0.717) is 13.2 Å². The first-order chi connectivity index (χ1) is 14.8. The number of aromatic nitrogens is 3. The van der Waals surface area contributed by atoms with Crippen molar-refractivity contribution in [1.82, 2.24) is 25.4 Å². The number of aliphatic imine (C=N–C) groups is 1. The molecule has 2 aromatic rings. The lowest BCUT2D eigenvalue weighted by atomic mass is 10.1. The molecule has 2 heterocycles. The van der Waals surface area contributed by atoms with Gasteiger partial charge in [0.05, 0.1) is 13.1 Å². The van der Waals surface area contributed by atoms with Crippen LogP contribution in [0.25, 0.3) is 0 Å². The van der Waals surface area contributed by atoms with Crippen molar-refractivity contribution in [3.63, 3.8) is 0 Å². The van der Waals surface area contributed by atoms with E-state index in [1.807, 2.05) is 4.68 Å². The number of nitrogens with zero attached hydrogens (tertiary/aromatic N) is 4. The summed E-state index contributed by atoms with van der Waals surface area (Å²) in [5, 5.41) is 11.5. The van der Waals surface area contributed by atoms with Gasteiger partial charge in [0.15, 0.2) is 11.8 Å². The number of guanidine groups is 1. The molecule has 0 saturated carbocycles. The van der Waals surface area contributed by atoms with E-state index in [1.54, 1.807) is 7.11 Å². The molecule has 1 unspecified atom stereocenters. The van der Waals surface area contributed by atoms with Crippen LogP contribution in [0.4, 0.5) is 0 Å². The minimum absolute atomic E-state index is 0.241. The molecule has 0 bridgehead atoms. The molecule has 170 valence electrons. The Morgan fingerprint density at radius 1 is 1.32 bits per heavy atom. The Hall–Kier alpha value is -2.61. The normalized spacial score (nSPS) is 16.7. The minimum Gasteiger partial charge on any atom is -0.488 e. The Morgan fingerprint density at radius 2 is 2.13 bits per heavy atom. The second kappa shape index (κ2) is 10.1. The van der Waals surface area contributed by atoms with Gasteiger partial charge in [0.1, 0.15) is 23.8 Å². The van der Waals surface area contributed by atoms with Crippen molar-refractivity contribution >= 4 is 5.96 Å². The molecular formula is C23H36N6O2. The van der Waals surface area contributed by atoms with E-state index in [0.717, 1.165) is 54.9 Å². The molecular weight excluding hydrogens is 392 g/mol. The van der Waals surface area contributed by atoms with Crippen molar-refractivity contribution in [2.75, 3.05) is 13.7 Å². The molecule has 0 radical (unpaired) electrons. The molecule has 2 N–H and O–H groups in total. The van der Waals surface area contributed by atoms with Gasteiger partial charge in [0.25, 0.3) is 0 Å². The second-order valence-electron chi connectivity index (χ2n) is 8.96. The minimum atomic E-state index is -0.256. The van der Waals surface area contributed by atoms with Gasteiger partial charge in [-0.25, -0.2) is 14.7 Å². The van der Waals surface area contributed by atoms with Gasteiger partial charge in [0.2, 0.25) is 0 Å². The fourth-order valence-corrected chi connectivity index (χ4v) is 3.56. The van der Waals surface area contributed by atoms with Gasteiger partial charge in [-0.15, -0.1) is 0 Å². The largest absolute Gasteiger partial charge is 0.488 e. The van der Waals surface area contributed by atoms with Crippen LogP contribution in [0.2, 0.25) is 0 Å². The number of nitrogens with one attached hydrogen (secondary N) is 2. The van der Waals surface area contributed by atoms with Crippen LogP contribution in [0.1, 0.15) is 56.9 Å². The molecule has 8 heteroatoms. The topological polar surface area (TPSA) is 85.6 Å². The van der Waals surface area contributed by atoms with E-state index in [9.17, 15) is 0 Å². The first-order valence-electron chi connectivity index (χ1n) is 11.0. The van der Waals surface area contributed by atoms with Crippen molar-refractivity contribution in [2.45, 2.75) is 78.8 Å². The van der Waals surface area contributed by atoms with Crippen molar-refractivity contribution in [3.8, 4) is 5.75 Å². The Kier molecular flexibility index (Phi) is 7.54.